The summed E-state index contributed by atoms with van der Waals surface area (Å²) < 4.78 is 12.0. The third-order valence-corrected chi connectivity index (χ3v) is 5.17. The lowest BCUT2D eigenvalue weighted by atomic mass is 10.0. The molecule has 3 nitrogen and oxygen atoms in total. The number of fused-ring (bicyclic) bond motifs is 1. The second kappa shape index (κ2) is 8.58. The van der Waals surface area contributed by atoms with E-state index in [1.165, 1.54) is 11.1 Å². The average molecular weight is 398 g/mol. The predicted molar refractivity (Wildman–Crippen MR) is 123 cm³/mol. The first-order valence-corrected chi connectivity index (χ1v) is 10.5. The molecule has 0 bridgehead atoms. The van der Waals surface area contributed by atoms with Gasteiger partial charge in [-0.05, 0) is 49.6 Å². The molecule has 152 valence electrons. The Morgan fingerprint density at radius 3 is 2.43 bits per heavy atom. The average Bonchev–Trinajstić information content (AvgIpc) is 2.75. The molecule has 3 aromatic carbocycles. The lowest BCUT2D eigenvalue weighted by Gasteiger charge is -2.09. The molecule has 0 saturated heterocycles. The third-order valence-electron chi connectivity index (χ3n) is 5.17. The van der Waals surface area contributed by atoms with Crippen LogP contribution in [0.5, 0.6) is 5.75 Å². The van der Waals surface area contributed by atoms with E-state index in [1.54, 1.807) is 0 Å². The fraction of sp³-hybridized carbons (Fsp3) is 0.222. The van der Waals surface area contributed by atoms with Gasteiger partial charge in [0.15, 0.2) is 0 Å². The zero-order valence-electron chi connectivity index (χ0n) is 18.0. The van der Waals surface area contributed by atoms with Crippen LogP contribution in [0.2, 0.25) is 0 Å². The molecule has 0 atom stereocenters. The Kier molecular flexibility index (Phi) is 5.71. The van der Waals surface area contributed by atoms with E-state index in [4.69, 9.17) is 14.1 Å². The van der Waals surface area contributed by atoms with Crippen molar-refractivity contribution in [2.45, 2.75) is 33.6 Å². The second-order valence-corrected chi connectivity index (χ2v) is 7.78. The van der Waals surface area contributed by atoms with Crippen molar-refractivity contribution in [1.29, 1.82) is 0 Å². The second-order valence-electron chi connectivity index (χ2n) is 7.78. The van der Waals surface area contributed by atoms with Crippen LogP contribution in [-0.2, 0) is 0 Å². The maximum Gasteiger partial charge on any atom is 0.144 e. The van der Waals surface area contributed by atoms with Gasteiger partial charge in [-0.15, -0.1) is 0 Å². The van der Waals surface area contributed by atoms with E-state index in [0.29, 0.717) is 12.5 Å². The summed E-state index contributed by atoms with van der Waals surface area (Å²) in [6, 6.07) is 24.7. The van der Waals surface area contributed by atoms with Gasteiger partial charge in [0.1, 0.15) is 22.8 Å². The normalized spacial score (nSPS) is 12.0. The number of hydrogen-bond donors (Lipinski definition) is 0. The molecule has 4 rings (SSSR count). The molecular weight excluding hydrogens is 370 g/mol. The lowest BCUT2D eigenvalue weighted by molar-refractivity contribution is 0.341. The molecule has 4 aromatic rings. The molecule has 0 N–H and O–H groups in total. The Morgan fingerprint density at radius 2 is 1.70 bits per heavy atom. The molecule has 0 radical (unpaired) electrons. The van der Waals surface area contributed by atoms with Crippen molar-refractivity contribution in [2.24, 2.45) is 4.99 Å². The van der Waals surface area contributed by atoms with Gasteiger partial charge in [0.25, 0.3) is 0 Å². The number of aryl methyl sites for hydroxylation is 1. The molecule has 0 saturated carbocycles. The SMILES string of the molecule is CCOc1ccccc1N=c1cc(-c2ccc(C(C)C)cc2)oc2ccc(C)cc12. The zero-order chi connectivity index (χ0) is 21.1. The number of ether oxygens (including phenoxy) is 1. The van der Waals surface area contributed by atoms with Gasteiger partial charge in [0, 0.05) is 17.0 Å². The van der Waals surface area contributed by atoms with Crippen molar-refractivity contribution in [3.63, 3.8) is 0 Å². The topological polar surface area (TPSA) is 34.7 Å². The number of hydrogen-bond acceptors (Lipinski definition) is 3. The van der Waals surface area contributed by atoms with Crippen LogP contribution >= 0.6 is 0 Å². The van der Waals surface area contributed by atoms with Gasteiger partial charge >= 0.3 is 0 Å². The summed E-state index contributed by atoms with van der Waals surface area (Å²) >= 11 is 0. The zero-order valence-corrected chi connectivity index (χ0v) is 18.0. The van der Waals surface area contributed by atoms with Crippen molar-refractivity contribution < 1.29 is 9.15 Å². The van der Waals surface area contributed by atoms with Gasteiger partial charge in [-0.1, -0.05) is 61.9 Å². The van der Waals surface area contributed by atoms with Crippen molar-refractivity contribution >= 4 is 16.7 Å². The molecule has 1 aromatic heterocycles. The molecule has 0 fully saturated rings. The van der Waals surface area contributed by atoms with Crippen LogP contribution in [0.3, 0.4) is 0 Å². The van der Waals surface area contributed by atoms with E-state index >= 15 is 0 Å². The summed E-state index contributed by atoms with van der Waals surface area (Å²) in [5.41, 5.74) is 5.15. The minimum Gasteiger partial charge on any atom is -0.492 e. The van der Waals surface area contributed by atoms with E-state index in [-0.39, 0.29) is 0 Å². The van der Waals surface area contributed by atoms with E-state index < -0.39 is 0 Å². The summed E-state index contributed by atoms with van der Waals surface area (Å²) in [6.45, 7) is 9.06. The smallest absolute Gasteiger partial charge is 0.144 e. The Labute approximate surface area is 177 Å². The molecule has 3 heteroatoms. The maximum atomic E-state index is 6.27. The Morgan fingerprint density at radius 1 is 0.933 bits per heavy atom. The molecule has 0 aliphatic heterocycles. The summed E-state index contributed by atoms with van der Waals surface area (Å²) in [6.07, 6.45) is 0. The van der Waals surface area contributed by atoms with E-state index in [1.807, 2.05) is 43.3 Å². The summed E-state index contributed by atoms with van der Waals surface area (Å²) in [4.78, 5) is 4.98. The van der Waals surface area contributed by atoms with Crippen molar-refractivity contribution in [3.8, 4) is 17.1 Å². The minimum absolute atomic E-state index is 0.496. The van der Waals surface area contributed by atoms with Gasteiger partial charge in [0.05, 0.1) is 12.0 Å². The Balaban J connectivity index is 1.93. The van der Waals surface area contributed by atoms with Crippen molar-refractivity contribution in [3.05, 3.63) is 89.3 Å². The van der Waals surface area contributed by atoms with E-state index in [9.17, 15) is 0 Å². The van der Waals surface area contributed by atoms with Crippen LogP contribution in [0.1, 0.15) is 37.8 Å². The van der Waals surface area contributed by atoms with Crippen molar-refractivity contribution in [1.82, 2.24) is 0 Å². The molecular formula is C27H27NO2. The van der Waals surface area contributed by atoms with Crippen LogP contribution in [-0.4, -0.2) is 6.61 Å². The fourth-order valence-corrected chi connectivity index (χ4v) is 3.51. The summed E-state index contributed by atoms with van der Waals surface area (Å²) in [5, 5.41) is 1.86. The highest BCUT2D eigenvalue weighted by atomic mass is 16.5. The number of para-hydroxylation sites is 2. The first-order chi connectivity index (χ1) is 14.5. The Bertz CT molecular complexity index is 1230. The van der Waals surface area contributed by atoms with Crippen LogP contribution in [0.15, 0.2) is 82.2 Å². The first kappa shape index (κ1) is 20.0. The van der Waals surface area contributed by atoms with E-state index in [2.05, 4.69) is 57.2 Å². The Hall–Kier alpha value is -3.33. The molecule has 0 spiro atoms. The summed E-state index contributed by atoms with van der Waals surface area (Å²) in [5.74, 6) is 2.08. The van der Waals surface area contributed by atoms with Crippen LogP contribution in [0.4, 0.5) is 5.69 Å². The van der Waals surface area contributed by atoms with Crippen LogP contribution in [0.25, 0.3) is 22.3 Å². The highest BCUT2D eigenvalue weighted by molar-refractivity contribution is 5.79. The van der Waals surface area contributed by atoms with E-state index in [0.717, 1.165) is 39.1 Å². The van der Waals surface area contributed by atoms with Crippen LogP contribution < -0.4 is 10.1 Å². The predicted octanol–water partition coefficient (Wildman–Crippen LogP) is 7.16. The minimum atomic E-state index is 0.496. The molecule has 30 heavy (non-hydrogen) atoms. The molecule has 0 aliphatic carbocycles. The number of benzene rings is 3. The van der Waals surface area contributed by atoms with Gasteiger partial charge in [0.2, 0.25) is 0 Å². The van der Waals surface area contributed by atoms with Crippen molar-refractivity contribution in [2.75, 3.05) is 6.61 Å². The monoisotopic (exact) mass is 397 g/mol. The highest BCUT2D eigenvalue weighted by Crippen LogP contribution is 2.28. The fourth-order valence-electron chi connectivity index (χ4n) is 3.51. The lowest BCUT2D eigenvalue weighted by Crippen LogP contribution is -2.04. The summed E-state index contributed by atoms with van der Waals surface area (Å²) in [7, 11) is 0. The molecule has 0 unspecified atom stereocenters. The maximum absolute atomic E-state index is 6.27. The van der Waals surface area contributed by atoms with Gasteiger partial charge in [-0.25, -0.2) is 4.99 Å². The van der Waals surface area contributed by atoms with Crippen LogP contribution in [0, 0.1) is 6.92 Å². The molecule has 1 heterocycles. The quantitative estimate of drug-likeness (QED) is 0.358. The molecule has 0 aliphatic rings. The molecule has 0 amide bonds. The van der Waals surface area contributed by atoms with Gasteiger partial charge in [-0.3, -0.25) is 0 Å². The standard InChI is InChI=1S/C27H27NO2/c1-5-29-26-9-7-6-8-23(26)28-24-17-27(21-13-11-20(12-14-21)18(2)3)30-25-15-10-19(4)16-22(24)25/h6-18H,5H2,1-4H3. The number of nitrogens with zero attached hydrogens (tertiary/aromatic N) is 1. The van der Waals surface area contributed by atoms with Gasteiger partial charge < -0.3 is 9.15 Å². The largest absolute Gasteiger partial charge is 0.492 e. The first-order valence-electron chi connectivity index (χ1n) is 10.5. The third kappa shape index (κ3) is 4.16. The van der Waals surface area contributed by atoms with Gasteiger partial charge in [-0.2, -0.15) is 0 Å². The highest BCUT2D eigenvalue weighted by Gasteiger charge is 2.09. The number of rotatable bonds is 5.